The van der Waals surface area contributed by atoms with Crippen molar-refractivity contribution < 1.29 is 13.6 Å². The molecule has 1 saturated heterocycles. The second kappa shape index (κ2) is 4.60. The normalized spacial score (nSPS) is 21.4. The molecule has 0 spiro atoms. The number of nitrogens with one attached hydrogen (secondary N) is 1. The van der Waals surface area contributed by atoms with Crippen LogP contribution >= 0.6 is 0 Å². The Bertz CT molecular complexity index is 386. The average Bonchev–Trinajstić information content (AvgIpc) is 2.41. The van der Waals surface area contributed by atoms with E-state index in [2.05, 4.69) is 5.32 Å². The number of hydrogen-bond donors (Lipinski definition) is 1. The predicted molar refractivity (Wildman–Crippen MR) is 55.7 cm³/mol. The molecule has 0 aromatic heterocycles. The maximum Gasteiger partial charge on any atom is 0.220 e. The van der Waals surface area contributed by atoms with Crippen molar-refractivity contribution in [2.75, 3.05) is 0 Å². The highest BCUT2D eigenvalue weighted by Crippen LogP contribution is 2.24. The van der Waals surface area contributed by atoms with Crippen molar-refractivity contribution in [2.45, 2.75) is 31.7 Å². The summed E-state index contributed by atoms with van der Waals surface area (Å²) in [7, 11) is 0. The van der Waals surface area contributed by atoms with Crippen LogP contribution in [0.2, 0.25) is 0 Å². The van der Waals surface area contributed by atoms with Gasteiger partial charge in [-0.05, 0) is 30.5 Å². The molecule has 16 heavy (non-hydrogen) atoms. The smallest absolute Gasteiger partial charge is 0.220 e. The van der Waals surface area contributed by atoms with E-state index in [9.17, 15) is 13.6 Å². The Kier molecular flexibility index (Phi) is 3.17. The lowest BCUT2D eigenvalue weighted by Crippen LogP contribution is -2.26. The fourth-order valence-corrected chi connectivity index (χ4v) is 2.00. The minimum absolute atomic E-state index is 0.0489. The van der Waals surface area contributed by atoms with Crippen molar-refractivity contribution in [3.63, 3.8) is 0 Å². The highest BCUT2D eigenvalue weighted by molar-refractivity contribution is 5.76. The van der Waals surface area contributed by atoms with Gasteiger partial charge in [-0.15, -0.1) is 0 Å². The van der Waals surface area contributed by atoms with Crippen LogP contribution < -0.4 is 5.32 Å². The monoisotopic (exact) mass is 225 g/mol. The molecule has 1 aromatic carbocycles. The van der Waals surface area contributed by atoms with Crippen LogP contribution in [0, 0.1) is 11.6 Å². The number of carbonyl (C=O) groups excluding carboxylic acids is 1. The maximum absolute atomic E-state index is 13.0. The lowest BCUT2D eigenvalue weighted by molar-refractivity contribution is -0.121. The fourth-order valence-electron chi connectivity index (χ4n) is 2.00. The van der Waals surface area contributed by atoms with Crippen molar-refractivity contribution in [3.05, 3.63) is 35.4 Å². The molecule has 1 N–H and O–H groups in total. The summed E-state index contributed by atoms with van der Waals surface area (Å²) in [5.41, 5.74) is 0.507. The molecule has 1 aliphatic heterocycles. The van der Waals surface area contributed by atoms with Crippen LogP contribution in [0.4, 0.5) is 8.78 Å². The molecule has 0 saturated carbocycles. The van der Waals surface area contributed by atoms with Crippen LogP contribution in [0.25, 0.3) is 0 Å². The summed E-state index contributed by atoms with van der Waals surface area (Å²) in [6.07, 6.45) is 2.95. The fraction of sp³-hybridized carbons (Fsp3) is 0.417. The number of halogens is 2. The summed E-state index contributed by atoms with van der Waals surface area (Å²) in [5, 5.41) is 2.78. The summed E-state index contributed by atoms with van der Waals surface area (Å²) in [6, 6.07) is 3.13. The van der Waals surface area contributed by atoms with Crippen molar-refractivity contribution in [2.24, 2.45) is 0 Å². The molecular weight excluding hydrogens is 212 g/mol. The second-order valence-electron chi connectivity index (χ2n) is 4.07. The molecule has 2 rings (SSSR count). The predicted octanol–water partition coefficient (Wildman–Crippen LogP) is 2.70. The Morgan fingerprint density at radius 1 is 1.12 bits per heavy atom. The van der Waals surface area contributed by atoms with E-state index in [1.807, 2.05) is 0 Å². The third-order valence-electron chi connectivity index (χ3n) is 2.77. The molecule has 1 aromatic rings. The molecule has 86 valence electrons. The SMILES string of the molecule is O=C1CCCCC(c2cc(F)cc(F)c2)N1. The molecule has 1 aliphatic rings. The Morgan fingerprint density at radius 2 is 1.81 bits per heavy atom. The first kappa shape index (κ1) is 11.0. The molecule has 4 heteroatoms. The molecule has 1 unspecified atom stereocenters. The summed E-state index contributed by atoms with van der Waals surface area (Å²) >= 11 is 0. The van der Waals surface area contributed by atoms with Crippen LogP contribution in [-0.4, -0.2) is 5.91 Å². The zero-order chi connectivity index (χ0) is 11.5. The van der Waals surface area contributed by atoms with E-state index in [0.29, 0.717) is 12.0 Å². The zero-order valence-electron chi connectivity index (χ0n) is 8.80. The van der Waals surface area contributed by atoms with Gasteiger partial charge in [0.2, 0.25) is 5.91 Å². The molecule has 0 radical (unpaired) electrons. The third kappa shape index (κ3) is 2.56. The first-order chi connectivity index (χ1) is 7.65. The van der Waals surface area contributed by atoms with E-state index in [0.717, 1.165) is 25.3 Å². The largest absolute Gasteiger partial charge is 0.349 e. The van der Waals surface area contributed by atoms with E-state index in [-0.39, 0.29) is 11.9 Å². The van der Waals surface area contributed by atoms with Gasteiger partial charge in [0.15, 0.2) is 0 Å². The minimum atomic E-state index is -0.603. The first-order valence-corrected chi connectivity index (χ1v) is 5.40. The number of hydrogen-bond acceptors (Lipinski definition) is 1. The number of benzene rings is 1. The van der Waals surface area contributed by atoms with Gasteiger partial charge in [0.05, 0.1) is 6.04 Å². The topological polar surface area (TPSA) is 29.1 Å². The van der Waals surface area contributed by atoms with E-state index >= 15 is 0 Å². The Hall–Kier alpha value is -1.45. The van der Waals surface area contributed by atoms with Crippen LogP contribution in [0.5, 0.6) is 0 Å². The molecule has 2 nitrogen and oxygen atoms in total. The summed E-state index contributed by atoms with van der Waals surface area (Å²) < 4.78 is 26.1. The second-order valence-corrected chi connectivity index (χ2v) is 4.07. The molecule has 1 atom stereocenters. The zero-order valence-corrected chi connectivity index (χ0v) is 8.80. The van der Waals surface area contributed by atoms with Crippen LogP contribution in [0.1, 0.15) is 37.3 Å². The number of rotatable bonds is 1. The van der Waals surface area contributed by atoms with Gasteiger partial charge in [-0.2, -0.15) is 0 Å². The van der Waals surface area contributed by atoms with Crippen molar-refractivity contribution >= 4 is 5.91 Å². The first-order valence-electron chi connectivity index (χ1n) is 5.40. The van der Waals surface area contributed by atoms with Crippen LogP contribution in [0.15, 0.2) is 18.2 Å². The van der Waals surface area contributed by atoms with Gasteiger partial charge in [-0.25, -0.2) is 8.78 Å². The standard InChI is InChI=1S/C12H13F2NO/c13-9-5-8(6-10(14)7-9)11-3-1-2-4-12(16)15-11/h5-7,11H,1-4H2,(H,15,16). The highest BCUT2D eigenvalue weighted by atomic mass is 19.1. The molecule has 1 fully saturated rings. The van der Waals surface area contributed by atoms with Gasteiger partial charge >= 0.3 is 0 Å². The quantitative estimate of drug-likeness (QED) is 0.782. The number of amides is 1. The molecule has 0 aliphatic carbocycles. The Labute approximate surface area is 92.7 Å². The van der Waals surface area contributed by atoms with Gasteiger partial charge in [0, 0.05) is 12.5 Å². The average molecular weight is 225 g/mol. The summed E-state index contributed by atoms with van der Waals surface area (Å²) in [4.78, 5) is 11.3. The molecule has 0 bridgehead atoms. The van der Waals surface area contributed by atoms with E-state index in [1.165, 1.54) is 12.1 Å². The highest BCUT2D eigenvalue weighted by Gasteiger charge is 2.18. The van der Waals surface area contributed by atoms with Crippen molar-refractivity contribution in [1.29, 1.82) is 0 Å². The van der Waals surface area contributed by atoms with E-state index in [1.54, 1.807) is 0 Å². The summed E-state index contributed by atoms with van der Waals surface area (Å²) in [5.74, 6) is -1.26. The van der Waals surface area contributed by atoms with Gasteiger partial charge in [-0.3, -0.25) is 4.79 Å². The van der Waals surface area contributed by atoms with Gasteiger partial charge in [0.1, 0.15) is 11.6 Å². The van der Waals surface area contributed by atoms with E-state index in [4.69, 9.17) is 0 Å². The third-order valence-corrected chi connectivity index (χ3v) is 2.77. The molecular formula is C12H13F2NO. The van der Waals surface area contributed by atoms with E-state index < -0.39 is 11.6 Å². The molecule has 1 heterocycles. The van der Waals surface area contributed by atoms with Gasteiger partial charge < -0.3 is 5.32 Å². The minimum Gasteiger partial charge on any atom is -0.349 e. The van der Waals surface area contributed by atoms with Crippen LogP contribution in [-0.2, 0) is 4.79 Å². The Balaban J connectivity index is 2.24. The lowest BCUT2D eigenvalue weighted by Gasteiger charge is -2.16. The van der Waals surface area contributed by atoms with Gasteiger partial charge in [-0.1, -0.05) is 6.42 Å². The van der Waals surface area contributed by atoms with Crippen LogP contribution in [0.3, 0.4) is 0 Å². The lowest BCUT2D eigenvalue weighted by atomic mass is 10.0. The van der Waals surface area contributed by atoms with Crippen molar-refractivity contribution in [3.8, 4) is 0 Å². The van der Waals surface area contributed by atoms with Crippen molar-refractivity contribution in [1.82, 2.24) is 5.32 Å². The Morgan fingerprint density at radius 3 is 2.50 bits per heavy atom. The maximum atomic E-state index is 13.0. The molecule has 1 amide bonds. The van der Waals surface area contributed by atoms with Gasteiger partial charge in [0.25, 0.3) is 0 Å². The summed E-state index contributed by atoms with van der Waals surface area (Å²) in [6.45, 7) is 0. The number of carbonyl (C=O) groups is 1.